The first-order valence-corrected chi connectivity index (χ1v) is 13.0. The molecule has 0 saturated heterocycles. The molecule has 0 aliphatic carbocycles. The fraction of sp³-hybridized carbons (Fsp3) is 0.385. The van der Waals surface area contributed by atoms with Gasteiger partial charge in [0.1, 0.15) is 30.4 Å². The molecule has 1 heterocycles. The third-order valence-electron chi connectivity index (χ3n) is 6.04. The zero-order chi connectivity index (χ0) is 26.6. The Labute approximate surface area is 212 Å². The number of oxazole rings is 1. The fourth-order valence-corrected chi connectivity index (χ4v) is 5.27. The molecule has 0 bridgehead atoms. The Bertz CT molecular complexity index is 1300. The van der Waals surface area contributed by atoms with Crippen molar-refractivity contribution >= 4 is 16.2 Å². The minimum absolute atomic E-state index is 0.0997. The SMILES string of the molecule is Cc1ccc(-c2nc(COc3ccccc3C(C)N(CC(=O)O)S(=O)(=O)N(C)C(C)C)c(C)o2)cc1. The molecule has 0 aliphatic heterocycles. The van der Waals surface area contributed by atoms with Crippen LogP contribution < -0.4 is 4.74 Å². The molecule has 0 radical (unpaired) electrons. The molecule has 1 N–H and O–H groups in total. The van der Waals surface area contributed by atoms with Crippen molar-refractivity contribution in [3.05, 3.63) is 71.1 Å². The molecule has 1 unspecified atom stereocenters. The third kappa shape index (κ3) is 6.13. The molecule has 1 aromatic heterocycles. The quantitative estimate of drug-likeness (QED) is 0.398. The molecule has 194 valence electrons. The summed E-state index contributed by atoms with van der Waals surface area (Å²) >= 11 is 0. The number of para-hydroxylation sites is 1. The molecular weight excluding hydrogens is 482 g/mol. The highest BCUT2D eigenvalue weighted by Crippen LogP contribution is 2.33. The number of carboxylic acid groups (broad SMARTS) is 1. The molecule has 0 spiro atoms. The maximum atomic E-state index is 13.2. The van der Waals surface area contributed by atoms with Gasteiger partial charge in [-0.05, 0) is 52.8 Å². The van der Waals surface area contributed by atoms with Gasteiger partial charge in [0.05, 0.1) is 6.04 Å². The van der Waals surface area contributed by atoms with E-state index in [2.05, 4.69) is 4.98 Å². The van der Waals surface area contributed by atoms with Gasteiger partial charge in [0.25, 0.3) is 10.2 Å². The normalized spacial score (nSPS) is 12.9. The summed E-state index contributed by atoms with van der Waals surface area (Å²) in [6, 6.07) is 13.7. The number of nitrogens with zero attached hydrogens (tertiary/aromatic N) is 3. The second-order valence-corrected chi connectivity index (χ2v) is 10.9. The van der Waals surface area contributed by atoms with Crippen LogP contribution in [-0.4, -0.2) is 52.7 Å². The summed E-state index contributed by atoms with van der Waals surface area (Å²) in [4.78, 5) is 16.2. The first-order valence-electron chi connectivity index (χ1n) is 11.6. The van der Waals surface area contributed by atoms with Gasteiger partial charge in [0.15, 0.2) is 0 Å². The van der Waals surface area contributed by atoms with Crippen molar-refractivity contribution in [2.45, 2.75) is 53.3 Å². The highest BCUT2D eigenvalue weighted by atomic mass is 32.2. The number of rotatable bonds is 11. The highest BCUT2D eigenvalue weighted by molar-refractivity contribution is 7.86. The first-order chi connectivity index (χ1) is 16.9. The molecule has 1 atom stereocenters. The predicted molar refractivity (Wildman–Crippen MR) is 137 cm³/mol. The number of carboxylic acids is 1. The molecule has 3 aromatic rings. The molecule has 0 aliphatic rings. The minimum atomic E-state index is -4.06. The maximum absolute atomic E-state index is 13.2. The lowest BCUT2D eigenvalue weighted by atomic mass is 10.1. The summed E-state index contributed by atoms with van der Waals surface area (Å²) in [6.45, 7) is 8.33. The van der Waals surface area contributed by atoms with Crippen molar-refractivity contribution in [1.29, 1.82) is 0 Å². The van der Waals surface area contributed by atoms with E-state index in [1.54, 1.807) is 52.0 Å². The Balaban J connectivity index is 1.87. The van der Waals surface area contributed by atoms with E-state index in [0.29, 0.717) is 28.7 Å². The van der Waals surface area contributed by atoms with E-state index < -0.39 is 28.8 Å². The number of hydrogen-bond donors (Lipinski definition) is 1. The van der Waals surface area contributed by atoms with Gasteiger partial charge in [-0.15, -0.1) is 0 Å². The zero-order valence-electron chi connectivity index (χ0n) is 21.4. The van der Waals surface area contributed by atoms with Crippen LogP contribution in [0.3, 0.4) is 0 Å². The van der Waals surface area contributed by atoms with Crippen LogP contribution in [0.15, 0.2) is 52.9 Å². The molecule has 36 heavy (non-hydrogen) atoms. The number of aryl methyl sites for hydroxylation is 2. The van der Waals surface area contributed by atoms with Crippen molar-refractivity contribution in [3.63, 3.8) is 0 Å². The lowest BCUT2D eigenvalue weighted by Crippen LogP contribution is -2.47. The molecule has 3 rings (SSSR count). The van der Waals surface area contributed by atoms with Crippen LogP contribution in [0.1, 0.15) is 49.4 Å². The Hall–Kier alpha value is -3.21. The van der Waals surface area contributed by atoms with Crippen molar-refractivity contribution in [2.75, 3.05) is 13.6 Å². The van der Waals surface area contributed by atoms with E-state index in [0.717, 1.165) is 19.7 Å². The first kappa shape index (κ1) is 27.4. The number of aromatic nitrogens is 1. The van der Waals surface area contributed by atoms with Gasteiger partial charge in [-0.2, -0.15) is 17.0 Å². The predicted octanol–water partition coefficient (Wildman–Crippen LogP) is 4.57. The highest BCUT2D eigenvalue weighted by Gasteiger charge is 2.35. The van der Waals surface area contributed by atoms with Gasteiger partial charge in [-0.3, -0.25) is 4.79 Å². The van der Waals surface area contributed by atoms with Crippen LogP contribution in [0.5, 0.6) is 5.75 Å². The van der Waals surface area contributed by atoms with Crippen molar-refractivity contribution in [1.82, 2.24) is 13.6 Å². The van der Waals surface area contributed by atoms with Crippen LogP contribution >= 0.6 is 0 Å². The van der Waals surface area contributed by atoms with Crippen molar-refractivity contribution in [2.24, 2.45) is 0 Å². The lowest BCUT2D eigenvalue weighted by Gasteiger charge is -2.33. The summed E-state index contributed by atoms with van der Waals surface area (Å²) in [6.07, 6.45) is 0. The standard InChI is InChI=1S/C26H33N3O6S/c1-17(2)28(6)36(32,33)29(15-25(30)31)19(4)22-9-7-8-10-24(22)34-16-23-20(5)35-26(27-23)21-13-11-18(3)12-14-21/h7-14,17,19H,15-16H2,1-6H3,(H,30,31). The molecule has 9 nitrogen and oxygen atoms in total. The Morgan fingerprint density at radius 2 is 1.72 bits per heavy atom. The molecule has 10 heteroatoms. The monoisotopic (exact) mass is 515 g/mol. The summed E-state index contributed by atoms with van der Waals surface area (Å²) in [7, 11) is -2.63. The number of aliphatic carboxylic acids is 1. The van der Waals surface area contributed by atoms with Crippen LogP contribution in [-0.2, 0) is 21.6 Å². The van der Waals surface area contributed by atoms with Gasteiger partial charge < -0.3 is 14.3 Å². The minimum Gasteiger partial charge on any atom is -0.487 e. The number of hydrogen-bond acceptors (Lipinski definition) is 6. The molecular formula is C26H33N3O6S. The second-order valence-electron chi connectivity index (χ2n) is 8.95. The van der Waals surface area contributed by atoms with Crippen molar-refractivity contribution < 1.29 is 27.5 Å². The van der Waals surface area contributed by atoms with Gasteiger partial charge in [0.2, 0.25) is 5.89 Å². The third-order valence-corrected chi connectivity index (χ3v) is 8.22. The molecule has 0 saturated carbocycles. The van der Waals surface area contributed by atoms with Crippen LogP contribution in [0.4, 0.5) is 0 Å². The van der Waals surface area contributed by atoms with Gasteiger partial charge in [-0.25, -0.2) is 4.98 Å². The summed E-state index contributed by atoms with van der Waals surface area (Å²) < 4.78 is 40.5. The van der Waals surface area contributed by atoms with Gasteiger partial charge in [-0.1, -0.05) is 35.9 Å². The van der Waals surface area contributed by atoms with Crippen molar-refractivity contribution in [3.8, 4) is 17.2 Å². The van der Waals surface area contributed by atoms with Crippen LogP contribution in [0.25, 0.3) is 11.5 Å². The largest absolute Gasteiger partial charge is 0.487 e. The molecule has 2 aromatic carbocycles. The fourth-order valence-electron chi connectivity index (χ4n) is 3.62. The Morgan fingerprint density at radius 3 is 2.33 bits per heavy atom. The maximum Gasteiger partial charge on any atom is 0.318 e. The second kappa shape index (κ2) is 11.2. The number of carbonyl (C=O) groups is 1. The summed E-state index contributed by atoms with van der Waals surface area (Å²) in [5.41, 5.74) is 3.14. The zero-order valence-corrected chi connectivity index (χ0v) is 22.2. The molecule has 0 fully saturated rings. The van der Waals surface area contributed by atoms with E-state index in [-0.39, 0.29) is 12.6 Å². The summed E-state index contributed by atoms with van der Waals surface area (Å²) in [5, 5.41) is 9.45. The van der Waals surface area contributed by atoms with E-state index in [1.807, 2.05) is 31.2 Å². The Morgan fingerprint density at radius 1 is 1.08 bits per heavy atom. The van der Waals surface area contributed by atoms with E-state index >= 15 is 0 Å². The number of benzene rings is 2. The van der Waals surface area contributed by atoms with Crippen LogP contribution in [0.2, 0.25) is 0 Å². The van der Waals surface area contributed by atoms with Gasteiger partial charge >= 0.3 is 5.97 Å². The average Bonchev–Trinajstić information content (AvgIpc) is 3.20. The average molecular weight is 516 g/mol. The summed E-state index contributed by atoms with van der Waals surface area (Å²) in [5.74, 6) is 0.290. The van der Waals surface area contributed by atoms with E-state index in [9.17, 15) is 18.3 Å². The number of ether oxygens (including phenoxy) is 1. The smallest absolute Gasteiger partial charge is 0.318 e. The lowest BCUT2D eigenvalue weighted by molar-refractivity contribution is -0.137. The Kier molecular flexibility index (Phi) is 8.55. The van der Waals surface area contributed by atoms with Crippen LogP contribution in [0, 0.1) is 13.8 Å². The van der Waals surface area contributed by atoms with E-state index in [4.69, 9.17) is 9.15 Å². The van der Waals surface area contributed by atoms with E-state index in [1.165, 1.54) is 7.05 Å². The topological polar surface area (TPSA) is 113 Å². The molecule has 0 amide bonds. The van der Waals surface area contributed by atoms with Gasteiger partial charge in [0, 0.05) is 24.2 Å².